The van der Waals surface area contributed by atoms with Crippen LogP contribution in [0, 0.1) is 0 Å². The van der Waals surface area contributed by atoms with Gasteiger partial charge in [0.25, 0.3) is 0 Å². The quantitative estimate of drug-likeness (QED) is 0.833. The van der Waals surface area contributed by atoms with Crippen LogP contribution in [0.1, 0.15) is 41.3 Å². The molecule has 3 rings (SSSR count). The number of sulfone groups is 1. The molecule has 0 radical (unpaired) electrons. The molecule has 0 bridgehead atoms. The highest BCUT2D eigenvalue weighted by Gasteiger charge is 2.32. The van der Waals surface area contributed by atoms with E-state index >= 15 is 0 Å². The third kappa shape index (κ3) is 3.51. The normalized spacial score (nSPS) is 23.2. The number of fused-ring (bicyclic) bond motifs is 1. The maximum Gasteiger partial charge on any atom is 0.223 e. The summed E-state index contributed by atoms with van der Waals surface area (Å²) >= 11 is 1.74. The van der Waals surface area contributed by atoms with Gasteiger partial charge < -0.3 is 4.90 Å². The highest BCUT2D eigenvalue weighted by atomic mass is 32.2. The summed E-state index contributed by atoms with van der Waals surface area (Å²) in [7, 11) is -1.22. The van der Waals surface area contributed by atoms with Crippen molar-refractivity contribution in [2.75, 3.05) is 18.6 Å². The van der Waals surface area contributed by atoms with Gasteiger partial charge >= 0.3 is 0 Å². The molecule has 0 aromatic carbocycles. The van der Waals surface area contributed by atoms with Gasteiger partial charge in [-0.3, -0.25) is 4.79 Å². The minimum atomic E-state index is -2.95. The molecule has 1 aromatic rings. The molecular weight excluding hydrogens is 320 g/mol. The van der Waals surface area contributed by atoms with Crippen molar-refractivity contribution in [3.8, 4) is 0 Å². The molecule has 22 heavy (non-hydrogen) atoms. The summed E-state index contributed by atoms with van der Waals surface area (Å²) in [4.78, 5) is 19.9. The van der Waals surface area contributed by atoms with E-state index in [0.717, 1.165) is 17.8 Å². The van der Waals surface area contributed by atoms with Crippen LogP contribution in [0.2, 0.25) is 0 Å². The average molecular weight is 342 g/mol. The van der Waals surface area contributed by atoms with Crippen LogP contribution < -0.4 is 0 Å². The first-order valence-electron chi connectivity index (χ1n) is 7.88. The second-order valence-corrected chi connectivity index (χ2v) is 9.64. The Hall–Kier alpha value is -0.950. The molecule has 1 fully saturated rings. The molecule has 0 saturated carbocycles. The second-order valence-electron chi connectivity index (χ2n) is 6.25. The van der Waals surface area contributed by atoms with Crippen LogP contribution in [0.3, 0.4) is 0 Å². The average Bonchev–Trinajstić information content (AvgIpc) is 3.06. The molecule has 7 heteroatoms. The molecule has 1 atom stereocenters. The van der Waals surface area contributed by atoms with Gasteiger partial charge in [0, 0.05) is 30.8 Å². The van der Waals surface area contributed by atoms with Crippen LogP contribution in [-0.4, -0.2) is 48.8 Å². The summed E-state index contributed by atoms with van der Waals surface area (Å²) in [5.74, 6) is 0.338. The zero-order valence-corrected chi connectivity index (χ0v) is 14.5. The Labute approximate surface area is 135 Å². The second kappa shape index (κ2) is 6.28. The van der Waals surface area contributed by atoms with E-state index in [0.29, 0.717) is 19.3 Å². The van der Waals surface area contributed by atoms with Crippen molar-refractivity contribution in [2.45, 2.75) is 51.0 Å². The highest BCUT2D eigenvalue weighted by Crippen LogP contribution is 2.27. The lowest BCUT2D eigenvalue weighted by molar-refractivity contribution is -0.131. The van der Waals surface area contributed by atoms with E-state index in [1.165, 1.54) is 23.4 Å². The Bertz CT molecular complexity index is 643. The standard InChI is InChI=1S/C15H22N2O3S2/c1-17(11-8-9-22(19,20)10-11)15(18)7-6-14-16-12-4-2-3-5-13(12)21-14/h11H,2-10H2,1H3. The molecule has 1 aromatic heterocycles. The Morgan fingerprint density at radius 3 is 2.82 bits per heavy atom. The number of thiazole rings is 1. The molecule has 1 unspecified atom stereocenters. The SMILES string of the molecule is CN(C(=O)CCc1nc2c(s1)CCCC2)C1CCS(=O)(=O)C1. The van der Waals surface area contributed by atoms with Crippen LogP contribution in [0.15, 0.2) is 0 Å². The van der Waals surface area contributed by atoms with Crippen LogP contribution >= 0.6 is 11.3 Å². The number of carbonyl (C=O) groups is 1. The molecular formula is C15H22N2O3S2. The van der Waals surface area contributed by atoms with Gasteiger partial charge in [0.05, 0.1) is 22.2 Å². The van der Waals surface area contributed by atoms with Gasteiger partial charge in [-0.25, -0.2) is 13.4 Å². The first-order valence-corrected chi connectivity index (χ1v) is 10.5. The smallest absolute Gasteiger partial charge is 0.223 e. The number of hydrogen-bond acceptors (Lipinski definition) is 5. The Balaban J connectivity index is 1.54. The number of carbonyl (C=O) groups excluding carboxylic acids is 1. The van der Waals surface area contributed by atoms with Gasteiger partial charge in [0.2, 0.25) is 5.91 Å². The van der Waals surface area contributed by atoms with Crippen LogP contribution in [0.25, 0.3) is 0 Å². The van der Waals surface area contributed by atoms with Crippen LogP contribution in [-0.2, 0) is 33.9 Å². The predicted molar refractivity (Wildman–Crippen MR) is 86.9 cm³/mol. The number of aromatic nitrogens is 1. The number of rotatable bonds is 4. The first kappa shape index (κ1) is 15.9. The van der Waals surface area contributed by atoms with Crippen molar-refractivity contribution < 1.29 is 13.2 Å². The lowest BCUT2D eigenvalue weighted by Gasteiger charge is -2.23. The maximum absolute atomic E-state index is 12.3. The molecule has 2 aliphatic rings. The van der Waals surface area contributed by atoms with E-state index in [-0.39, 0.29) is 23.5 Å². The molecule has 1 amide bonds. The minimum absolute atomic E-state index is 0.0234. The third-order valence-corrected chi connectivity index (χ3v) is 7.56. The van der Waals surface area contributed by atoms with E-state index in [4.69, 9.17) is 0 Å². The molecule has 0 N–H and O–H groups in total. The summed E-state index contributed by atoms with van der Waals surface area (Å²) in [6.07, 6.45) is 6.30. The third-order valence-electron chi connectivity index (χ3n) is 4.59. The lowest BCUT2D eigenvalue weighted by Crippen LogP contribution is -2.37. The minimum Gasteiger partial charge on any atom is -0.342 e. The Morgan fingerprint density at radius 2 is 2.14 bits per heavy atom. The predicted octanol–water partition coefficient (Wildman–Crippen LogP) is 1.60. The van der Waals surface area contributed by atoms with E-state index < -0.39 is 9.84 Å². The van der Waals surface area contributed by atoms with E-state index in [1.807, 2.05) is 0 Å². The van der Waals surface area contributed by atoms with E-state index in [1.54, 1.807) is 23.3 Å². The van der Waals surface area contributed by atoms with Crippen LogP contribution in [0.5, 0.6) is 0 Å². The highest BCUT2D eigenvalue weighted by molar-refractivity contribution is 7.91. The van der Waals surface area contributed by atoms with Crippen molar-refractivity contribution in [1.29, 1.82) is 0 Å². The molecule has 1 aliphatic carbocycles. The molecule has 5 nitrogen and oxygen atoms in total. The van der Waals surface area contributed by atoms with Crippen molar-refractivity contribution >= 4 is 27.1 Å². The summed E-state index contributed by atoms with van der Waals surface area (Å²) in [5.41, 5.74) is 1.23. The Morgan fingerprint density at radius 1 is 1.36 bits per heavy atom. The summed E-state index contributed by atoms with van der Waals surface area (Å²) in [6, 6.07) is -0.151. The van der Waals surface area contributed by atoms with E-state index in [9.17, 15) is 13.2 Å². The van der Waals surface area contributed by atoms with Crippen molar-refractivity contribution in [3.63, 3.8) is 0 Å². The molecule has 122 valence electrons. The van der Waals surface area contributed by atoms with Gasteiger partial charge in [0.15, 0.2) is 9.84 Å². The topological polar surface area (TPSA) is 67.3 Å². The first-order chi connectivity index (χ1) is 10.4. The molecule has 0 spiro atoms. The number of nitrogens with zero attached hydrogens (tertiary/aromatic N) is 2. The largest absolute Gasteiger partial charge is 0.342 e. The fourth-order valence-corrected chi connectivity index (χ4v) is 6.12. The van der Waals surface area contributed by atoms with Gasteiger partial charge in [-0.1, -0.05) is 0 Å². The van der Waals surface area contributed by atoms with Gasteiger partial charge in [-0.15, -0.1) is 11.3 Å². The number of aryl methyl sites for hydroxylation is 3. The summed E-state index contributed by atoms with van der Waals surface area (Å²) < 4.78 is 23.0. The lowest BCUT2D eigenvalue weighted by atomic mass is 10.0. The van der Waals surface area contributed by atoms with Crippen LogP contribution in [0.4, 0.5) is 0 Å². The summed E-state index contributed by atoms with van der Waals surface area (Å²) in [6.45, 7) is 0. The monoisotopic (exact) mass is 342 g/mol. The molecule has 1 aliphatic heterocycles. The number of amides is 1. The van der Waals surface area contributed by atoms with Crippen molar-refractivity contribution in [2.24, 2.45) is 0 Å². The fraction of sp³-hybridized carbons (Fsp3) is 0.733. The Kier molecular flexibility index (Phi) is 4.54. The molecule has 2 heterocycles. The zero-order valence-electron chi connectivity index (χ0n) is 12.9. The van der Waals surface area contributed by atoms with Gasteiger partial charge in [-0.05, 0) is 32.1 Å². The van der Waals surface area contributed by atoms with Gasteiger partial charge in [-0.2, -0.15) is 0 Å². The van der Waals surface area contributed by atoms with Crippen molar-refractivity contribution in [3.05, 3.63) is 15.6 Å². The summed E-state index contributed by atoms with van der Waals surface area (Å²) in [5, 5.41) is 1.05. The van der Waals surface area contributed by atoms with E-state index in [2.05, 4.69) is 4.98 Å². The maximum atomic E-state index is 12.3. The zero-order chi connectivity index (χ0) is 15.7. The molecule has 1 saturated heterocycles. The van der Waals surface area contributed by atoms with Gasteiger partial charge in [0.1, 0.15) is 0 Å². The fourth-order valence-electron chi connectivity index (χ4n) is 3.19. The number of hydrogen-bond donors (Lipinski definition) is 0. The van der Waals surface area contributed by atoms with Crippen molar-refractivity contribution in [1.82, 2.24) is 9.88 Å².